The Kier molecular flexibility index (Phi) is 9.26. The lowest BCUT2D eigenvalue weighted by Gasteiger charge is -2.12. The maximum Gasteiger partial charge on any atom is 0.190 e. The zero-order chi connectivity index (χ0) is 15.5. The van der Waals surface area contributed by atoms with E-state index in [2.05, 4.69) is 21.9 Å². The van der Waals surface area contributed by atoms with Crippen LogP contribution >= 0.6 is 23.4 Å². The quantitative estimate of drug-likeness (QED) is 0.436. The van der Waals surface area contributed by atoms with Gasteiger partial charge in [0.2, 0.25) is 0 Å². The van der Waals surface area contributed by atoms with Gasteiger partial charge in [-0.05, 0) is 49.0 Å². The molecule has 0 saturated carbocycles. The molecule has 0 atom stereocenters. The fourth-order valence-electron chi connectivity index (χ4n) is 1.84. The molecule has 0 aliphatic carbocycles. The van der Waals surface area contributed by atoms with Crippen molar-refractivity contribution in [2.24, 2.45) is 4.99 Å². The number of nitrogens with one attached hydrogen (secondary N) is 2. The van der Waals surface area contributed by atoms with Crippen molar-refractivity contribution in [1.29, 1.82) is 0 Å². The molecule has 6 heteroatoms. The van der Waals surface area contributed by atoms with Crippen molar-refractivity contribution < 1.29 is 4.39 Å². The summed E-state index contributed by atoms with van der Waals surface area (Å²) in [6.07, 6.45) is 5.18. The first-order valence-electron chi connectivity index (χ1n) is 7.04. The number of rotatable bonds is 8. The number of nitrogens with zero attached hydrogens (tertiary/aromatic N) is 1. The summed E-state index contributed by atoms with van der Waals surface area (Å²) in [7, 11) is 1.75. The number of aliphatic imine (C=N–C) groups is 1. The van der Waals surface area contributed by atoms with E-state index in [0.717, 1.165) is 30.9 Å². The van der Waals surface area contributed by atoms with Crippen molar-refractivity contribution in [2.45, 2.75) is 19.3 Å². The Morgan fingerprint density at radius 1 is 1.29 bits per heavy atom. The van der Waals surface area contributed by atoms with Crippen molar-refractivity contribution in [3.05, 3.63) is 34.6 Å². The minimum absolute atomic E-state index is 0.306. The number of hydrogen-bond acceptors (Lipinski definition) is 2. The van der Waals surface area contributed by atoms with Gasteiger partial charge in [0.05, 0.1) is 0 Å². The van der Waals surface area contributed by atoms with Gasteiger partial charge in [-0.1, -0.05) is 17.7 Å². The van der Waals surface area contributed by atoms with Crippen molar-refractivity contribution >= 4 is 29.3 Å². The Morgan fingerprint density at radius 2 is 2.05 bits per heavy atom. The lowest BCUT2D eigenvalue weighted by molar-refractivity contribution is 0.627. The van der Waals surface area contributed by atoms with E-state index >= 15 is 0 Å². The second-order valence-electron chi connectivity index (χ2n) is 4.61. The first-order valence-corrected chi connectivity index (χ1v) is 8.82. The zero-order valence-electron chi connectivity index (χ0n) is 12.6. The van der Waals surface area contributed by atoms with Crippen LogP contribution in [0.2, 0.25) is 5.02 Å². The van der Waals surface area contributed by atoms with Crippen molar-refractivity contribution in [1.82, 2.24) is 10.6 Å². The second kappa shape index (κ2) is 10.7. The highest BCUT2D eigenvalue weighted by Gasteiger charge is 2.03. The maximum atomic E-state index is 12.9. The van der Waals surface area contributed by atoms with Crippen molar-refractivity contribution in [3.63, 3.8) is 0 Å². The summed E-state index contributed by atoms with van der Waals surface area (Å²) in [5.41, 5.74) is 0.931. The van der Waals surface area contributed by atoms with E-state index < -0.39 is 0 Å². The molecule has 3 nitrogen and oxygen atoms in total. The van der Waals surface area contributed by atoms with E-state index in [0.29, 0.717) is 11.6 Å². The average Bonchev–Trinajstić information content (AvgIpc) is 2.47. The van der Waals surface area contributed by atoms with Gasteiger partial charge in [0.25, 0.3) is 0 Å². The predicted molar refractivity (Wildman–Crippen MR) is 92.1 cm³/mol. The molecule has 0 unspecified atom stereocenters. The molecule has 1 aromatic rings. The van der Waals surface area contributed by atoms with E-state index in [-0.39, 0.29) is 5.82 Å². The van der Waals surface area contributed by atoms with Gasteiger partial charge >= 0.3 is 0 Å². The molecular weight excluding hydrogens is 309 g/mol. The van der Waals surface area contributed by atoms with Crippen molar-refractivity contribution in [3.8, 4) is 0 Å². The Morgan fingerprint density at radius 3 is 2.71 bits per heavy atom. The Bertz CT molecular complexity index is 455. The molecule has 0 spiro atoms. The van der Waals surface area contributed by atoms with Gasteiger partial charge in [0.1, 0.15) is 5.82 Å². The number of halogens is 2. The van der Waals surface area contributed by atoms with Gasteiger partial charge in [-0.2, -0.15) is 11.8 Å². The summed E-state index contributed by atoms with van der Waals surface area (Å²) >= 11 is 7.86. The minimum atomic E-state index is -0.306. The number of thioether (sulfide) groups is 1. The topological polar surface area (TPSA) is 36.4 Å². The molecule has 2 N–H and O–H groups in total. The molecule has 1 rings (SSSR count). The third kappa shape index (κ3) is 7.58. The monoisotopic (exact) mass is 331 g/mol. The van der Waals surface area contributed by atoms with Crippen LogP contribution in [0.15, 0.2) is 23.2 Å². The third-order valence-corrected chi connectivity index (χ3v) is 4.04. The number of benzene rings is 1. The lowest BCUT2D eigenvalue weighted by Crippen LogP contribution is -2.38. The van der Waals surface area contributed by atoms with Gasteiger partial charge in [0, 0.05) is 25.2 Å². The highest BCUT2D eigenvalue weighted by molar-refractivity contribution is 7.98. The van der Waals surface area contributed by atoms with Crippen LogP contribution in [0.5, 0.6) is 0 Å². The molecule has 21 heavy (non-hydrogen) atoms. The van der Waals surface area contributed by atoms with Gasteiger partial charge in [-0.25, -0.2) is 4.39 Å². The number of unbranched alkanes of at least 4 members (excludes halogenated alkanes) is 1. The summed E-state index contributed by atoms with van der Waals surface area (Å²) < 4.78 is 12.9. The zero-order valence-corrected chi connectivity index (χ0v) is 14.2. The van der Waals surface area contributed by atoms with Gasteiger partial charge in [-0.3, -0.25) is 4.99 Å². The fraction of sp³-hybridized carbons (Fsp3) is 0.533. The number of hydrogen-bond donors (Lipinski definition) is 2. The van der Waals surface area contributed by atoms with Gasteiger partial charge < -0.3 is 10.6 Å². The predicted octanol–water partition coefficient (Wildman–Crippen LogP) is 3.33. The molecule has 0 amide bonds. The van der Waals surface area contributed by atoms with E-state index in [1.54, 1.807) is 13.1 Å². The minimum Gasteiger partial charge on any atom is -0.356 e. The summed E-state index contributed by atoms with van der Waals surface area (Å²) in [6.45, 7) is 1.62. The van der Waals surface area contributed by atoms with Crippen LogP contribution in [0.3, 0.4) is 0 Å². The Labute approximate surface area is 135 Å². The van der Waals surface area contributed by atoms with Crippen LogP contribution in [-0.2, 0) is 6.42 Å². The van der Waals surface area contributed by atoms with Crippen LogP contribution in [0, 0.1) is 5.82 Å². The summed E-state index contributed by atoms with van der Waals surface area (Å²) in [6, 6.07) is 4.49. The largest absolute Gasteiger partial charge is 0.356 e. The highest BCUT2D eigenvalue weighted by Crippen LogP contribution is 2.17. The molecule has 0 saturated heterocycles. The number of guanidine groups is 1. The van der Waals surface area contributed by atoms with E-state index in [1.165, 1.54) is 24.3 Å². The first-order chi connectivity index (χ1) is 10.2. The Balaban J connectivity index is 2.26. The highest BCUT2D eigenvalue weighted by atomic mass is 35.5. The first kappa shape index (κ1) is 18.1. The molecule has 0 radical (unpaired) electrons. The third-order valence-electron chi connectivity index (χ3n) is 2.99. The molecule has 0 bridgehead atoms. The van der Waals surface area contributed by atoms with E-state index in [9.17, 15) is 4.39 Å². The standard InChI is InChI=1S/C15H23ClFN3S/c1-18-15(19-8-3-4-10-21-2)20-9-7-12-5-6-13(17)11-14(12)16/h5-6,11H,3-4,7-10H2,1-2H3,(H2,18,19,20). The Hall–Kier alpha value is -0.940. The van der Waals surface area contributed by atoms with Gasteiger partial charge in [-0.15, -0.1) is 0 Å². The molecule has 0 fully saturated rings. The fourth-order valence-corrected chi connectivity index (χ4v) is 2.59. The summed E-state index contributed by atoms with van der Waals surface area (Å²) in [4.78, 5) is 4.17. The summed E-state index contributed by atoms with van der Waals surface area (Å²) in [5.74, 6) is 1.67. The second-order valence-corrected chi connectivity index (χ2v) is 6.00. The van der Waals surface area contributed by atoms with Crippen LogP contribution < -0.4 is 10.6 Å². The molecule has 0 heterocycles. The molecular formula is C15H23ClFN3S. The van der Waals surface area contributed by atoms with Crippen LogP contribution in [-0.4, -0.2) is 38.1 Å². The van der Waals surface area contributed by atoms with E-state index in [4.69, 9.17) is 11.6 Å². The molecule has 118 valence electrons. The van der Waals surface area contributed by atoms with Crippen molar-refractivity contribution in [2.75, 3.05) is 32.1 Å². The normalized spacial score (nSPS) is 11.5. The average molecular weight is 332 g/mol. The van der Waals surface area contributed by atoms with Crippen LogP contribution in [0.4, 0.5) is 4.39 Å². The van der Waals surface area contributed by atoms with Gasteiger partial charge in [0.15, 0.2) is 5.96 Å². The SMILES string of the molecule is CN=C(NCCCCSC)NCCc1ccc(F)cc1Cl. The molecule has 1 aromatic carbocycles. The van der Waals surface area contributed by atoms with E-state index in [1.807, 2.05) is 11.8 Å². The molecule has 0 aromatic heterocycles. The molecule has 0 aliphatic rings. The van der Waals surface area contributed by atoms with Crippen LogP contribution in [0.25, 0.3) is 0 Å². The summed E-state index contributed by atoms with van der Waals surface area (Å²) in [5, 5.41) is 6.98. The van der Waals surface area contributed by atoms with Crippen LogP contribution in [0.1, 0.15) is 18.4 Å². The smallest absolute Gasteiger partial charge is 0.190 e. The molecule has 0 aliphatic heterocycles. The maximum absolute atomic E-state index is 12.9. The lowest BCUT2D eigenvalue weighted by atomic mass is 10.1.